The maximum Gasteiger partial charge on any atom is 0.224 e. The van der Waals surface area contributed by atoms with Gasteiger partial charge in [-0.3, -0.25) is 0 Å². The van der Waals surface area contributed by atoms with Gasteiger partial charge in [-0.2, -0.15) is 0 Å². The first-order chi connectivity index (χ1) is 9.84. The van der Waals surface area contributed by atoms with E-state index < -0.39 is 25.3 Å². The van der Waals surface area contributed by atoms with Gasteiger partial charge in [0.05, 0.1) is 18.4 Å². The average molecular weight is 336 g/mol. The number of hydrogen-bond donors (Lipinski definition) is 4. The van der Waals surface area contributed by atoms with Crippen LogP contribution in [0.4, 0.5) is 0 Å². The summed E-state index contributed by atoms with van der Waals surface area (Å²) in [6.45, 7) is 13.5. The lowest BCUT2D eigenvalue weighted by Crippen LogP contribution is -2.69. The van der Waals surface area contributed by atoms with E-state index in [2.05, 4.69) is 18.4 Å². The lowest BCUT2D eigenvalue weighted by Gasteiger charge is -2.45. The Hall–Kier alpha value is -0.0231. The lowest BCUT2D eigenvalue weighted by molar-refractivity contribution is 0.0805. The van der Waals surface area contributed by atoms with Crippen molar-refractivity contribution in [3.63, 3.8) is 0 Å². The van der Waals surface area contributed by atoms with Crippen molar-refractivity contribution in [1.29, 1.82) is 0 Å². The van der Waals surface area contributed by atoms with Gasteiger partial charge < -0.3 is 31.0 Å². The van der Waals surface area contributed by atoms with Gasteiger partial charge >= 0.3 is 0 Å². The van der Waals surface area contributed by atoms with E-state index in [9.17, 15) is 5.11 Å². The molecule has 2 unspecified atom stereocenters. The van der Waals surface area contributed by atoms with Crippen LogP contribution in [-0.4, -0.2) is 66.3 Å². The molecule has 134 valence electrons. The van der Waals surface area contributed by atoms with Crippen LogP contribution in [0.5, 0.6) is 0 Å². The highest BCUT2D eigenvalue weighted by Crippen LogP contribution is 2.24. The quantitative estimate of drug-likeness (QED) is 0.324. The lowest BCUT2D eigenvalue weighted by atomic mass is 10.2. The molecule has 0 heterocycles. The number of rotatable bonds is 11. The standard InChI is InChI=1S/C15H37N3O3Si/c1-7-18(10-8-9-13(20)11-19)12-22(6,15(4,5)17)21-14(2,3)16/h13,19-20H,7-12,16-17H2,1-6H3. The summed E-state index contributed by atoms with van der Waals surface area (Å²) >= 11 is 0. The summed E-state index contributed by atoms with van der Waals surface area (Å²) < 4.78 is 6.23. The monoisotopic (exact) mass is 335 g/mol. The van der Waals surface area contributed by atoms with Crippen molar-refractivity contribution in [2.24, 2.45) is 11.5 Å². The maximum absolute atomic E-state index is 9.44. The van der Waals surface area contributed by atoms with Crippen molar-refractivity contribution in [1.82, 2.24) is 4.90 Å². The summed E-state index contributed by atoms with van der Waals surface area (Å²) in [6, 6.07) is 0. The molecular weight excluding hydrogens is 298 g/mol. The van der Waals surface area contributed by atoms with E-state index in [1.54, 1.807) is 0 Å². The zero-order chi connectivity index (χ0) is 17.6. The summed E-state index contributed by atoms with van der Waals surface area (Å²) in [4.78, 5) is 2.30. The molecule has 0 amide bonds. The minimum absolute atomic E-state index is 0.182. The fourth-order valence-electron chi connectivity index (χ4n) is 2.37. The Bertz CT molecular complexity index is 318. The van der Waals surface area contributed by atoms with Gasteiger partial charge in [0, 0.05) is 11.3 Å². The van der Waals surface area contributed by atoms with Crippen LogP contribution in [0.3, 0.4) is 0 Å². The van der Waals surface area contributed by atoms with Crippen LogP contribution >= 0.6 is 0 Å². The highest BCUT2D eigenvalue weighted by molar-refractivity contribution is 6.75. The van der Waals surface area contributed by atoms with Crippen LogP contribution in [0.1, 0.15) is 47.5 Å². The number of hydrogen-bond acceptors (Lipinski definition) is 6. The van der Waals surface area contributed by atoms with Crippen LogP contribution < -0.4 is 11.5 Å². The van der Waals surface area contributed by atoms with Gasteiger partial charge in [0.25, 0.3) is 0 Å². The molecule has 0 aliphatic carbocycles. The second-order valence-corrected chi connectivity index (χ2v) is 11.8. The van der Waals surface area contributed by atoms with Gasteiger partial charge in [-0.1, -0.05) is 6.92 Å². The van der Waals surface area contributed by atoms with Gasteiger partial charge in [-0.15, -0.1) is 0 Å². The van der Waals surface area contributed by atoms with Crippen LogP contribution in [0, 0.1) is 0 Å². The molecular formula is C15H37N3O3Si. The molecule has 0 rings (SSSR count). The molecule has 0 aromatic heterocycles. The molecule has 0 bridgehead atoms. The van der Waals surface area contributed by atoms with Crippen LogP contribution in [-0.2, 0) is 4.43 Å². The largest absolute Gasteiger partial charge is 0.397 e. The zero-order valence-electron chi connectivity index (χ0n) is 15.2. The van der Waals surface area contributed by atoms with Gasteiger partial charge in [0.15, 0.2) is 0 Å². The molecule has 7 heteroatoms. The van der Waals surface area contributed by atoms with E-state index in [1.165, 1.54) is 0 Å². The van der Waals surface area contributed by atoms with E-state index >= 15 is 0 Å². The molecule has 0 aromatic rings. The Morgan fingerprint density at radius 3 is 2.14 bits per heavy atom. The Morgan fingerprint density at radius 1 is 1.23 bits per heavy atom. The first-order valence-corrected chi connectivity index (χ1v) is 10.8. The molecule has 0 aromatic carbocycles. The van der Waals surface area contributed by atoms with Crippen molar-refractivity contribution >= 4 is 8.32 Å². The molecule has 0 saturated carbocycles. The Kier molecular flexibility index (Phi) is 8.71. The van der Waals surface area contributed by atoms with Gasteiger partial charge in [-0.05, 0) is 60.2 Å². The summed E-state index contributed by atoms with van der Waals surface area (Å²) in [6.07, 6.45) is 1.59. The molecule has 0 spiro atoms. The Balaban J connectivity index is 4.81. The normalized spacial score (nSPS) is 17.6. The molecule has 6 N–H and O–H groups in total. The van der Waals surface area contributed by atoms with Crippen LogP contribution in [0.15, 0.2) is 0 Å². The number of nitrogens with two attached hydrogens (primary N) is 2. The molecule has 6 nitrogen and oxygen atoms in total. The smallest absolute Gasteiger partial charge is 0.224 e. The minimum atomic E-state index is -2.29. The van der Waals surface area contributed by atoms with E-state index in [1.807, 2.05) is 27.7 Å². The molecule has 22 heavy (non-hydrogen) atoms. The zero-order valence-corrected chi connectivity index (χ0v) is 16.2. The fourth-order valence-corrected chi connectivity index (χ4v) is 5.50. The molecule has 0 radical (unpaired) electrons. The molecule has 0 saturated heterocycles. The van der Waals surface area contributed by atoms with E-state index in [0.717, 1.165) is 25.7 Å². The predicted octanol–water partition coefficient (Wildman–Crippen LogP) is 0.544. The number of aliphatic hydroxyl groups is 2. The summed E-state index contributed by atoms with van der Waals surface area (Å²) in [5, 5.41) is 17.9. The molecule has 0 aliphatic rings. The Morgan fingerprint density at radius 2 is 1.77 bits per heavy atom. The topological polar surface area (TPSA) is 105 Å². The highest BCUT2D eigenvalue weighted by Gasteiger charge is 2.46. The summed E-state index contributed by atoms with van der Waals surface area (Å²) in [7, 11) is -2.29. The van der Waals surface area contributed by atoms with Crippen molar-refractivity contribution < 1.29 is 14.6 Å². The first kappa shape index (κ1) is 22.0. The van der Waals surface area contributed by atoms with Crippen LogP contribution in [0.2, 0.25) is 6.55 Å². The average Bonchev–Trinajstić information content (AvgIpc) is 2.33. The first-order valence-electron chi connectivity index (χ1n) is 8.14. The van der Waals surface area contributed by atoms with Crippen molar-refractivity contribution in [3.05, 3.63) is 0 Å². The second-order valence-electron chi connectivity index (χ2n) is 7.51. The maximum atomic E-state index is 9.44. The predicted molar refractivity (Wildman–Crippen MR) is 93.7 cm³/mol. The molecule has 0 aliphatic heterocycles. The third kappa shape index (κ3) is 8.01. The molecule has 0 fully saturated rings. The van der Waals surface area contributed by atoms with E-state index in [-0.39, 0.29) is 6.61 Å². The third-order valence-corrected chi connectivity index (χ3v) is 8.80. The Labute approximate surface area is 136 Å². The van der Waals surface area contributed by atoms with Gasteiger partial charge in [0.2, 0.25) is 8.32 Å². The fraction of sp³-hybridized carbons (Fsp3) is 1.00. The van der Waals surface area contributed by atoms with Crippen molar-refractivity contribution in [2.45, 2.75) is 71.0 Å². The summed E-state index contributed by atoms with van der Waals surface area (Å²) in [5.74, 6) is 0. The van der Waals surface area contributed by atoms with Crippen molar-refractivity contribution in [2.75, 3.05) is 25.9 Å². The van der Waals surface area contributed by atoms with Crippen LogP contribution in [0.25, 0.3) is 0 Å². The minimum Gasteiger partial charge on any atom is -0.397 e. The summed E-state index contributed by atoms with van der Waals surface area (Å²) in [5.41, 5.74) is 11.8. The second kappa shape index (κ2) is 8.72. The number of nitrogens with zero attached hydrogens (tertiary/aromatic N) is 1. The van der Waals surface area contributed by atoms with Gasteiger partial charge in [-0.25, -0.2) is 0 Å². The molecule has 2 atom stereocenters. The van der Waals surface area contributed by atoms with Gasteiger partial charge in [0.1, 0.15) is 0 Å². The van der Waals surface area contributed by atoms with Crippen molar-refractivity contribution in [3.8, 4) is 0 Å². The van der Waals surface area contributed by atoms with E-state index in [0.29, 0.717) is 6.42 Å². The highest BCUT2D eigenvalue weighted by atomic mass is 28.4. The van der Waals surface area contributed by atoms with E-state index in [4.69, 9.17) is 21.0 Å². The number of aliphatic hydroxyl groups excluding tert-OH is 2. The third-order valence-electron chi connectivity index (χ3n) is 4.05. The SMILES string of the molecule is CCN(CCCC(O)CO)C[Si](C)(OC(C)(C)N)C(C)(C)N.